The molecule has 1 unspecified atom stereocenters. The predicted octanol–water partition coefficient (Wildman–Crippen LogP) is 2.48. The van der Waals surface area contributed by atoms with Crippen LogP contribution in [-0.2, 0) is 0 Å². The normalized spacial score (nSPS) is 20.3. The summed E-state index contributed by atoms with van der Waals surface area (Å²) in [5.41, 5.74) is 1.03. The van der Waals surface area contributed by atoms with Crippen LogP contribution < -0.4 is 4.74 Å². The molecule has 1 aliphatic rings. The summed E-state index contributed by atoms with van der Waals surface area (Å²) < 4.78 is 5.71. The van der Waals surface area contributed by atoms with E-state index in [1.807, 2.05) is 25.1 Å². The van der Waals surface area contributed by atoms with Crippen molar-refractivity contribution < 1.29 is 9.84 Å². The Kier molecular flexibility index (Phi) is 4.87. The second kappa shape index (κ2) is 6.41. The number of nitrogens with zero attached hydrogens (tertiary/aromatic N) is 1. The summed E-state index contributed by atoms with van der Waals surface area (Å²) in [6.07, 6.45) is 2.27. The quantitative estimate of drug-likeness (QED) is 0.891. The molecule has 18 heavy (non-hydrogen) atoms. The van der Waals surface area contributed by atoms with E-state index < -0.39 is 0 Å². The van der Waals surface area contributed by atoms with Gasteiger partial charge >= 0.3 is 0 Å². The van der Waals surface area contributed by atoms with Crippen molar-refractivity contribution in [2.24, 2.45) is 0 Å². The lowest BCUT2D eigenvalue weighted by Gasteiger charge is -2.22. The van der Waals surface area contributed by atoms with Crippen LogP contribution in [0.1, 0.15) is 18.4 Å². The third kappa shape index (κ3) is 3.37. The van der Waals surface area contributed by atoms with E-state index in [1.165, 1.54) is 6.42 Å². The highest BCUT2D eigenvalue weighted by atomic mass is 35.5. The van der Waals surface area contributed by atoms with Crippen LogP contribution >= 0.6 is 11.6 Å². The van der Waals surface area contributed by atoms with Crippen LogP contribution in [0.2, 0.25) is 5.02 Å². The van der Waals surface area contributed by atoms with Gasteiger partial charge in [-0.2, -0.15) is 0 Å². The van der Waals surface area contributed by atoms with E-state index in [2.05, 4.69) is 4.90 Å². The Hall–Kier alpha value is -0.770. The maximum atomic E-state index is 9.22. The Bertz CT molecular complexity index is 397. The third-order valence-corrected chi connectivity index (χ3v) is 3.91. The number of hydrogen-bond donors (Lipinski definition) is 1. The lowest BCUT2D eigenvalue weighted by molar-refractivity contribution is 0.139. The van der Waals surface area contributed by atoms with Gasteiger partial charge in [-0.25, -0.2) is 0 Å². The van der Waals surface area contributed by atoms with E-state index in [0.29, 0.717) is 12.6 Å². The van der Waals surface area contributed by atoms with Crippen molar-refractivity contribution in [2.75, 3.05) is 26.3 Å². The van der Waals surface area contributed by atoms with Gasteiger partial charge in [0.2, 0.25) is 0 Å². The third-order valence-electron chi connectivity index (χ3n) is 3.49. The highest BCUT2D eigenvalue weighted by Crippen LogP contribution is 2.21. The first kappa shape index (κ1) is 13.7. The molecule has 0 aliphatic carbocycles. The van der Waals surface area contributed by atoms with Gasteiger partial charge in [0.15, 0.2) is 0 Å². The molecule has 1 aliphatic heterocycles. The van der Waals surface area contributed by atoms with Crippen LogP contribution in [-0.4, -0.2) is 42.4 Å². The largest absolute Gasteiger partial charge is 0.492 e. The predicted molar refractivity (Wildman–Crippen MR) is 73.4 cm³/mol. The summed E-state index contributed by atoms with van der Waals surface area (Å²) in [7, 11) is 0. The average molecular weight is 270 g/mol. The SMILES string of the molecule is Cc1cc(OCCN2CCCC2CO)ccc1Cl. The molecule has 4 heteroatoms. The molecule has 1 atom stereocenters. The summed E-state index contributed by atoms with van der Waals surface area (Å²) >= 11 is 5.96. The van der Waals surface area contributed by atoms with Gasteiger partial charge in [0.1, 0.15) is 12.4 Å². The zero-order chi connectivity index (χ0) is 13.0. The molecule has 1 aromatic rings. The van der Waals surface area contributed by atoms with E-state index in [1.54, 1.807) is 0 Å². The molecule has 0 radical (unpaired) electrons. The van der Waals surface area contributed by atoms with Gasteiger partial charge in [-0.3, -0.25) is 4.90 Å². The van der Waals surface area contributed by atoms with E-state index in [9.17, 15) is 5.11 Å². The van der Waals surface area contributed by atoms with E-state index in [4.69, 9.17) is 16.3 Å². The summed E-state index contributed by atoms with van der Waals surface area (Å²) in [5, 5.41) is 9.99. The van der Waals surface area contributed by atoms with Crippen LogP contribution in [0.4, 0.5) is 0 Å². The van der Waals surface area contributed by atoms with E-state index in [0.717, 1.165) is 35.8 Å². The van der Waals surface area contributed by atoms with Gasteiger partial charge in [0, 0.05) is 17.6 Å². The molecule has 0 bridgehead atoms. The molecule has 1 heterocycles. The van der Waals surface area contributed by atoms with Crippen LogP contribution in [0.3, 0.4) is 0 Å². The Balaban J connectivity index is 1.79. The van der Waals surface area contributed by atoms with Gasteiger partial charge in [-0.1, -0.05) is 11.6 Å². The monoisotopic (exact) mass is 269 g/mol. The van der Waals surface area contributed by atoms with Crippen molar-refractivity contribution in [3.05, 3.63) is 28.8 Å². The standard InChI is InChI=1S/C14H20ClNO2/c1-11-9-13(4-5-14(11)15)18-8-7-16-6-2-3-12(16)10-17/h4-5,9,12,17H,2-3,6-8,10H2,1H3. The number of rotatable bonds is 5. The molecular formula is C14H20ClNO2. The first-order chi connectivity index (χ1) is 8.70. The Labute approximate surface area is 113 Å². The molecule has 0 spiro atoms. The molecule has 0 saturated carbocycles. The van der Waals surface area contributed by atoms with Crippen molar-refractivity contribution in [3.8, 4) is 5.75 Å². The van der Waals surface area contributed by atoms with Crippen molar-refractivity contribution >= 4 is 11.6 Å². The van der Waals surface area contributed by atoms with Crippen molar-refractivity contribution in [3.63, 3.8) is 0 Å². The summed E-state index contributed by atoms with van der Waals surface area (Å²) in [4.78, 5) is 2.29. The summed E-state index contributed by atoms with van der Waals surface area (Å²) in [6.45, 7) is 4.80. The van der Waals surface area contributed by atoms with Crippen LogP contribution in [0, 0.1) is 6.92 Å². The molecule has 3 nitrogen and oxygen atoms in total. The van der Waals surface area contributed by atoms with Crippen LogP contribution in [0.15, 0.2) is 18.2 Å². The van der Waals surface area contributed by atoms with Crippen LogP contribution in [0.5, 0.6) is 5.75 Å². The molecule has 0 amide bonds. The number of ether oxygens (including phenoxy) is 1. The van der Waals surface area contributed by atoms with Gasteiger partial charge < -0.3 is 9.84 Å². The minimum Gasteiger partial charge on any atom is -0.492 e. The number of benzene rings is 1. The minimum absolute atomic E-state index is 0.250. The second-order valence-electron chi connectivity index (χ2n) is 4.77. The molecule has 1 saturated heterocycles. The number of likely N-dealkylation sites (tertiary alicyclic amines) is 1. The molecule has 1 fully saturated rings. The Morgan fingerprint density at radius 3 is 3.06 bits per heavy atom. The highest BCUT2D eigenvalue weighted by molar-refractivity contribution is 6.31. The van der Waals surface area contributed by atoms with E-state index >= 15 is 0 Å². The number of aryl methyl sites for hydroxylation is 1. The van der Waals surface area contributed by atoms with Gasteiger partial charge in [0.25, 0.3) is 0 Å². The zero-order valence-electron chi connectivity index (χ0n) is 10.7. The maximum Gasteiger partial charge on any atom is 0.119 e. The van der Waals surface area contributed by atoms with Crippen molar-refractivity contribution in [1.82, 2.24) is 4.90 Å². The summed E-state index contributed by atoms with van der Waals surface area (Å²) in [6, 6.07) is 6.03. The second-order valence-corrected chi connectivity index (χ2v) is 5.18. The average Bonchev–Trinajstić information content (AvgIpc) is 2.81. The fraction of sp³-hybridized carbons (Fsp3) is 0.571. The molecule has 1 aromatic carbocycles. The highest BCUT2D eigenvalue weighted by Gasteiger charge is 2.22. The molecule has 0 aromatic heterocycles. The molecule has 1 N–H and O–H groups in total. The van der Waals surface area contributed by atoms with Gasteiger partial charge in [-0.05, 0) is 50.1 Å². The molecular weight excluding hydrogens is 250 g/mol. The first-order valence-corrected chi connectivity index (χ1v) is 6.82. The van der Waals surface area contributed by atoms with Crippen molar-refractivity contribution in [1.29, 1.82) is 0 Å². The first-order valence-electron chi connectivity index (χ1n) is 6.44. The fourth-order valence-electron chi connectivity index (χ4n) is 2.38. The van der Waals surface area contributed by atoms with Gasteiger partial charge in [-0.15, -0.1) is 0 Å². The summed E-state index contributed by atoms with van der Waals surface area (Å²) in [5.74, 6) is 0.858. The van der Waals surface area contributed by atoms with Gasteiger partial charge in [0.05, 0.1) is 6.61 Å². The van der Waals surface area contributed by atoms with Crippen molar-refractivity contribution in [2.45, 2.75) is 25.8 Å². The number of aliphatic hydroxyl groups excluding tert-OH is 1. The maximum absolute atomic E-state index is 9.22. The fourth-order valence-corrected chi connectivity index (χ4v) is 2.50. The number of halogens is 1. The molecule has 100 valence electrons. The smallest absolute Gasteiger partial charge is 0.119 e. The van der Waals surface area contributed by atoms with Crippen LogP contribution in [0.25, 0.3) is 0 Å². The number of hydrogen-bond acceptors (Lipinski definition) is 3. The lowest BCUT2D eigenvalue weighted by atomic mass is 10.2. The Morgan fingerprint density at radius 2 is 2.33 bits per heavy atom. The minimum atomic E-state index is 0.250. The lowest BCUT2D eigenvalue weighted by Crippen LogP contribution is -2.35. The number of aliphatic hydroxyl groups is 1. The van der Waals surface area contributed by atoms with E-state index in [-0.39, 0.29) is 6.61 Å². The zero-order valence-corrected chi connectivity index (χ0v) is 11.5. The Morgan fingerprint density at radius 1 is 1.50 bits per heavy atom. The topological polar surface area (TPSA) is 32.7 Å². The molecule has 2 rings (SSSR count).